The molecule has 3 N–H and O–H groups in total. The molecule has 0 saturated carbocycles. The summed E-state index contributed by atoms with van der Waals surface area (Å²) >= 11 is 4.74. The number of carbonyl (C=O) groups is 1. The molecule has 1 atom stereocenters. The third-order valence-corrected chi connectivity index (χ3v) is 3.29. The number of hydrogen-bond donors (Lipinski definition) is 3. The van der Waals surface area contributed by atoms with Crippen molar-refractivity contribution in [3.8, 4) is 5.88 Å². The van der Waals surface area contributed by atoms with Gasteiger partial charge in [-0.15, -0.1) is 0 Å². The number of carbonyl (C=O) groups excluding carboxylic acids is 1. The number of nitrogens with one attached hydrogen (secondary N) is 2. The first-order valence-electron chi connectivity index (χ1n) is 6.71. The van der Waals surface area contributed by atoms with Crippen LogP contribution in [-0.2, 0) is 16.0 Å². The van der Waals surface area contributed by atoms with Crippen molar-refractivity contribution in [2.24, 2.45) is 4.99 Å². The third-order valence-electron chi connectivity index (χ3n) is 3.09. The molecule has 0 radical (unpaired) electrons. The van der Waals surface area contributed by atoms with Crippen LogP contribution in [0.25, 0.3) is 0 Å². The van der Waals surface area contributed by atoms with Crippen LogP contribution in [0.4, 0.5) is 0 Å². The number of aliphatic imine (C=N–C) groups is 1. The summed E-state index contributed by atoms with van der Waals surface area (Å²) < 4.78 is 4.73. The molecule has 8 heteroatoms. The zero-order valence-electron chi connectivity index (χ0n) is 12.3. The lowest BCUT2D eigenvalue weighted by Crippen LogP contribution is -2.24. The molecule has 0 aliphatic carbocycles. The van der Waals surface area contributed by atoms with Gasteiger partial charge in [0.15, 0.2) is 10.8 Å². The number of aromatic amines is 2. The highest BCUT2D eigenvalue weighted by molar-refractivity contribution is 7.71. The lowest BCUT2D eigenvalue weighted by Gasteiger charge is -2.10. The number of aromatic nitrogens is 2. The van der Waals surface area contributed by atoms with Crippen LogP contribution in [0.1, 0.15) is 11.1 Å². The lowest BCUT2D eigenvalue weighted by atomic mass is 10.1. The Hall–Kier alpha value is -2.74. The molecule has 120 valence electrons. The van der Waals surface area contributed by atoms with Crippen LogP contribution in [0, 0.1) is 4.77 Å². The Morgan fingerprint density at radius 3 is 2.70 bits per heavy atom. The van der Waals surface area contributed by atoms with Crippen LogP contribution in [0.15, 0.2) is 40.1 Å². The first-order chi connectivity index (χ1) is 11.0. The number of esters is 1. The fraction of sp³-hybridized carbons (Fsp3) is 0.200. The van der Waals surface area contributed by atoms with Gasteiger partial charge in [0.2, 0.25) is 5.88 Å². The molecule has 1 heterocycles. The van der Waals surface area contributed by atoms with E-state index in [1.807, 2.05) is 30.3 Å². The highest BCUT2D eigenvalue weighted by Crippen LogP contribution is 2.09. The molecule has 0 bridgehead atoms. The van der Waals surface area contributed by atoms with Crippen molar-refractivity contribution in [2.75, 3.05) is 7.11 Å². The van der Waals surface area contributed by atoms with Gasteiger partial charge >= 0.3 is 5.97 Å². The summed E-state index contributed by atoms with van der Waals surface area (Å²) in [5.74, 6) is -0.948. The summed E-state index contributed by atoms with van der Waals surface area (Å²) in [4.78, 5) is 32.4. The average Bonchev–Trinajstić information content (AvgIpc) is 2.53. The van der Waals surface area contributed by atoms with Gasteiger partial charge in [0.1, 0.15) is 5.56 Å². The molecule has 2 aromatic rings. The summed E-state index contributed by atoms with van der Waals surface area (Å²) in [5.41, 5.74) is 0.185. The first kappa shape index (κ1) is 16.6. The van der Waals surface area contributed by atoms with Gasteiger partial charge in [0, 0.05) is 12.6 Å². The fourth-order valence-electron chi connectivity index (χ4n) is 1.94. The SMILES string of the molecule is COC(=O)C(Cc1ccccc1)N=Cc1c(O)[nH]c(=S)[nH]c1=O. The van der Waals surface area contributed by atoms with E-state index in [0.29, 0.717) is 6.42 Å². The first-order valence-corrected chi connectivity index (χ1v) is 7.12. The van der Waals surface area contributed by atoms with Gasteiger partial charge in [-0.1, -0.05) is 30.3 Å². The molecule has 0 saturated heterocycles. The van der Waals surface area contributed by atoms with Crippen LogP contribution < -0.4 is 5.56 Å². The van der Waals surface area contributed by atoms with Gasteiger partial charge in [-0.25, -0.2) is 4.79 Å². The molecule has 1 aromatic heterocycles. The molecule has 7 nitrogen and oxygen atoms in total. The number of benzene rings is 1. The van der Waals surface area contributed by atoms with Crippen LogP contribution in [0.3, 0.4) is 0 Å². The molecule has 0 amide bonds. The zero-order chi connectivity index (χ0) is 16.8. The predicted molar refractivity (Wildman–Crippen MR) is 87.5 cm³/mol. The van der Waals surface area contributed by atoms with Crippen molar-refractivity contribution >= 4 is 24.4 Å². The van der Waals surface area contributed by atoms with Crippen LogP contribution in [0.2, 0.25) is 0 Å². The summed E-state index contributed by atoms with van der Waals surface area (Å²) in [6.45, 7) is 0. The van der Waals surface area contributed by atoms with E-state index in [2.05, 4.69) is 15.0 Å². The number of hydrogen-bond acceptors (Lipinski definition) is 6. The highest BCUT2D eigenvalue weighted by Gasteiger charge is 2.18. The summed E-state index contributed by atoms with van der Waals surface area (Å²) in [6, 6.07) is 8.45. The van der Waals surface area contributed by atoms with Crippen LogP contribution in [0.5, 0.6) is 5.88 Å². The smallest absolute Gasteiger partial charge is 0.330 e. The Morgan fingerprint density at radius 1 is 1.39 bits per heavy atom. The third kappa shape index (κ3) is 4.36. The van der Waals surface area contributed by atoms with E-state index in [0.717, 1.165) is 11.8 Å². The molecular weight excluding hydrogens is 318 g/mol. The molecule has 1 unspecified atom stereocenters. The number of rotatable bonds is 5. The second-order valence-electron chi connectivity index (χ2n) is 4.68. The minimum atomic E-state index is -0.829. The quantitative estimate of drug-likeness (QED) is 0.435. The zero-order valence-corrected chi connectivity index (χ0v) is 13.1. The van der Waals surface area contributed by atoms with E-state index in [1.165, 1.54) is 7.11 Å². The molecular formula is C15H15N3O4S. The number of methoxy groups -OCH3 is 1. The number of ether oxygens (including phenoxy) is 1. The Kier molecular flexibility index (Phi) is 5.42. The van der Waals surface area contributed by atoms with E-state index >= 15 is 0 Å². The van der Waals surface area contributed by atoms with E-state index in [9.17, 15) is 14.7 Å². The van der Waals surface area contributed by atoms with Crippen molar-refractivity contribution in [3.05, 3.63) is 56.6 Å². The van der Waals surface area contributed by atoms with E-state index in [4.69, 9.17) is 17.0 Å². The predicted octanol–water partition coefficient (Wildman–Crippen LogP) is 1.34. The van der Waals surface area contributed by atoms with Gasteiger partial charge in [-0.05, 0) is 17.8 Å². The minimum absolute atomic E-state index is 0.00143. The maximum absolute atomic E-state index is 11.9. The molecule has 1 aromatic carbocycles. The van der Waals surface area contributed by atoms with Gasteiger partial charge < -0.3 is 14.8 Å². The number of H-pyrrole nitrogens is 2. The van der Waals surface area contributed by atoms with Crippen molar-refractivity contribution in [3.63, 3.8) is 0 Å². The van der Waals surface area contributed by atoms with Crippen molar-refractivity contribution in [2.45, 2.75) is 12.5 Å². The molecule has 2 rings (SSSR count). The average molecular weight is 333 g/mol. The number of nitrogens with zero attached hydrogens (tertiary/aromatic N) is 1. The maximum atomic E-state index is 11.9. The van der Waals surface area contributed by atoms with E-state index in [1.54, 1.807) is 0 Å². The largest absolute Gasteiger partial charge is 0.494 e. The molecule has 0 aliphatic rings. The van der Waals surface area contributed by atoms with Crippen molar-refractivity contribution in [1.29, 1.82) is 0 Å². The van der Waals surface area contributed by atoms with E-state index in [-0.39, 0.29) is 10.3 Å². The normalized spacial score (nSPS) is 12.2. The van der Waals surface area contributed by atoms with Crippen molar-refractivity contribution < 1.29 is 14.6 Å². The van der Waals surface area contributed by atoms with Gasteiger partial charge in [-0.3, -0.25) is 14.8 Å². The minimum Gasteiger partial charge on any atom is -0.494 e. The number of aromatic hydroxyl groups is 1. The van der Waals surface area contributed by atoms with Crippen molar-refractivity contribution in [1.82, 2.24) is 9.97 Å². The van der Waals surface area contributed by atoms with Gasteiger partial charge in [0.05, 0.1) is 7.11 Å². The highest BCUT2D eigenvalue weighted by atomic mass is 32.1. The summed E-state index contributed by atoms with van der Waals surface area (Å²) in [6.07, 6.45) is 1.44. The van der Waals surface area contributed by atoms with Crippen LogP contribution in [-0.4, -0.2) is 40.4 Å². The maximum Gasteiger partial charge on any atom is 0.330 e. The summed E-state index contributed by atoms with van der Waals surface area (Å²) in [7, 11) is 1.26. The fourth-order valence-corrected chi connectivity index (χ4v) is 2.13. The van der Waals surface area contributed by atoms with Gasteiger partial charge in [0.25, 0.3) is 5.56 Å². The molecule has 0 aliphatic heterocycles. The standard InChI is InChI=1S/C15H15N3O4S/c1-22-14(21)11(7-9-5-3-2-4-6-9)16-8-10-12(19)17-15(23)18-13(10)20/h2-6,8,11H,7H2,1H3,(H3,17,18,19,20,23). The molecule has 0 fully saturated rings. The topological polar surface area (TPSA) is 108 Å². The lowest BCUT2D eigenvalue weighted by molar-refractivity contribution is -0.142. The Labute approximate surface area is 136 Å². The Morgan fingerprint density at radius 2 is 2.09 bits per heavy atom. The molecule has 23 heavy (non-hydrogen) atoms. The second kappa shape index (κ2) is 7.50. The second-order valence-corrected chi connectivity index (χ2v) is 5.09. The van der Waals surface area contributed by atoms with Gasteiger partial charge in [-0.2, -0.15) is 0 Å². The van der Waals surface area contributed by atoms with Crippen LogP contribution >= 0.6 is 12.2 Å². The summed E-state index contributed by atoms with van der Waals surface area (Å²) in [5, 5.41) is 9.72. The Balaban J connectivity index is 2.29. The molecule has 0 spiro atoms. The Bertz CT molecular complexity index is 827. The van der Waals surface area contributed by atoms with E-state index < -0.39 is 23.5 Å². The monoisotopic (exact) mass is 333 g/mol.